The molecule has 1 aromatic rings. The average Bonchev–Trinajstić information content (AvgIpc) is 2.71. The molecule has 1 aromatic heterocycles. The van der Waals surface area contributed by atoms with E-state index in [1.807, 2.05) is 19.1 Å². The van der Waals surface area contributed by atoms with Gasteiger partial charge in [0.15, 0.2) is 0 Å². The van der Waals surface area contributed by atoms with Gasteiger partial charge in [-0.1, -0.05) is 6.07 Å². The molecule has 1 fully saturated rings. The van der Waals surface area contributed by atoms with Gasteiger partial charge in [-0.05, 0) is 19.1 Å². The van der Waals surface area contributed by atoms with Crippen molar-refractivity contribution in [1.82, 2.24) is 4.98 Å². The van der Waals surface area contributed by atoms with Crippen LogP contribution in [0.15, 0.2) is 18.2 Å². The van der Waals surface area contributed by atoms with Gasteiger partial charge in [-0.15, -0.1) is 0 Å². The first-order valence-corrected chi connectivity index (χ1v) is 3.89. The topological polar surface area (TPSA) is 25.4 Å². The molecule has 58 valence electrons. The summed E-state index contributed by atoms with van der Waals surface area (Å²) in [6.07, 6.45) is 1.42. The van der Waals surface area contributed by atoms with E-state index in [0.717, 1.165) is 24.4 Å². The number of aromatic nitrogens is 1. The van der Waals surface area contributed by atoms with Crippen molar-refractivity contribution in [2.45, 2.75) is 19.4 Å². The quantitative estimate of drug-likeness (QED) is 0.593. The molecule has 2 rings (SSSR count). The predicted octanol–water partition coefficient (Wildman–Crippen LogP) is 1.33. The molecule has 2 nitrogen and oxygen atoms in total. The van der Waals surface area contributed by atoms with Crippen molar-refractivity contribution < 1.29 is 4.74 Å². The predicted molar refractivity (Wildman–Crippen MR) is 42.4 cm³/mol. The molecule has 1 unspecified atom stereocenters. The van der Waals surface area contributed by atoms with Crippen LogP contribution in [0.3, 0.4) is 0 Å². The SMILES string of the molecule is Cc1cccc(CC2CO2)n1. The molecular weight excluding hydrogens is 138 g/mol. The Kier molecular flexibility index (Phi) is 1.62. The zero-order valence-corrected chi connectivity index (χ0v) is 6.58. The highest BCUT2D eigenvalue weighted by Crippen LogP contribution is 2.14. The molecule has 1 aliphatic heterocycles. The first-order chi connectivity index (χ1) is 5.34. The Morgan fingerprint density at radius 2 is 2.45 bits per heavy atom. The third kappa shape index (κ3) is 1.77. The lowest BCUT2D eigenvalue weighted by atomic mass is 10.2. The fourth-order valence-corrected chi connectivity index (χ4v) is 1.13. The Morgan fingerprint density at radius 3 is 3.09 bits per heavy atom. The van der Waals surface area contributed by atoms with E-state index in [1.54, 1.807) is 0 Å². The number of rotatable bonds is 2. The van der Waals surface area contributed by atoms with Gasteiger partial charge in [0.05, 0.1) is 12.7 Å². The molecule has 0 aromatic carbocycles. The zero-order valence-electron chi connectivity index (χ0n) is 6.58. The van der Waals surface area contributed by atoms with Crippen LogP contribution in [0.5, 0.6) is 0 Å². The molecule has 2 heteroatoms. The molecule has 2 heterocycles. The van der Waals surface area contributed by atoms with Crippen LogP contribution in [0.25, 0.3) is 0 Å². The molecule has 0 bridgehead atoms. The number of ether oxygens (including phenoxy) is 1. The summed E-state index contributed by atoms with van der Waals surface area (Å²) in [4.78, 5) is 4.37. The van der Waals surface area contributed by atoms with E-state index in [1.165, 1.54) is 0 Å². The number of epoxide rings is 1. The Bertz CT molecular complexity index is 255. The van der Waals surface area contributed by atoms with Crippen molar-refractivity contribution in [2.75, 3.05) is 6.61 Å². The van der Waals surface area contributed by atoms with E-state index < -0.39 is 0 Å². The second-order valence-corrected chi connectivity index (χ2v) is 2.93. The molecule has 0 amide bonds. The zero-order chi connectivity index (χ0) is 7.68. The van der Waals surface area contributed by atoms with E-state index in [0.29, 0.717) is 6.10 Å². The summed E-state index contributed by atoms with van der Waals surface area (Å²) >= 11 is 0. The van der Waals surface area contributed by atoms with E-state index in [4.69, 9.17) is 4.74 Å². The van der Waals surface area contributed by atoms with Crippen LogP contribution in [0.4, 0.5) is 0 Å². The maximum absolute atomic E-state index is 5.11. The van der Waals surface area contributed by atoms with E-state index >= 15 is 0 Å². The van der Waals surface area contributed by atoms with Gasteiger partial charge in [0, 0.05) is 17.8 Å². The first-order valence-electron chi connectivity index (χ1n) is 3.89. The lowest BCUT2D eigenvalue weighted by Gasteiger charge is -1.97. The fraction of sp³-hybridized carbons (Fsp3) is 0.444. The number of aryl methyl sites for hydroxylation is 1. The summed E-state index contributed by atoms with van der Waals surface area (Å²) in [7, 11) is 0. The minimum atomic E-state index is 0.448. The molecule has 0 N–H and O–H groups in total. The Balaban J connectivity index is 2.10. The highest BCUT2D eigenvalue weighted by molar-refractivity contribution is 5.11. The second-order valence-electron chi connectivity index (χ2n) is 2.93. The van der Waals surface area contributed by atoms with Crippen molar-refractivity contribution in [1.29, 1.82) is 0 Å². The molecule has 1 aliphatic rings. The third-order valence-electron chi connectivity index (χ3n) is 1.79. The molecule has 11 heavy (non-hydrogen) atoms. The van der Waals surface area contributed by atoms with Gasteiger partial charge in [0.1, 0.15) is 0 Å². The maximum Gasteiger partial charge on any atom is 0.0865 e. The number of hydrogen-bond acceptors (Lipinski definition) is 2. The van der Waals surface area contributed by atoms with E-state index in [9.17, 15) is 0 Å². The summed E-state index contributed by atoms with van der Waals surface area (Å²) in [6.45, 7) is 2.92. The molecule has 0 saturated carbocycles. The molecular formula is C9H11NO. The summed E-state index contributed by atoms with van der Waals surface area (Å²) in [5.41, 5.74) is 2.23. The van der Waals surface area contributed by atoms with Gasteiger partial charge in [-0.25, -0.2) is 0 Å². The van der Waals surface area contributed by atoms with Crippen LogP contribution in [0, 0.1) is 6.92 Å². The van der Waals surface area contributed by atoms with Gasteiger partial charge in [-0.2, -0.15) is 0 Å². The van der Waals surface area contributed by atoms with Crippen molar-refractivity contribution in [2.24, 2.45) is 0 Å². The van der Waals surface area contributed by atoms with Crippen LogP contribution >= 0.6 is 0 Å². The van der Waals surface area contributed by atoms with Crippen molar-refractivity contribution in [3.05, 3.63) is 29.6 Å². The normalized spacial score (nSPS) is 21.7. The monoisotopic (exact) mass is 149 g/mol. The average molecular weight is 149 g/mol. The summed E-state index contributed by atoms with van der Waals surface area (Å²) in [5.74, 6) is 0. The smallest absolute Gasteiger partial charge is 0.0865 e. The van der Waals surface area contributed by atoms with Crippen LogP contribution < -0.4 is 0 Å². The lowest BCUT2D eigenvalue weighted by molar-refractivity contribution is 0.406. The van der Waals surface area contributed by atoms with Crippen molar-refractivity contribution in [3.63, 3.8) is 0 Å². The van der Waals surface area contributed by atoms with E-state index in [-0.39, 0.29) is 0 Å². The van der Waals surface area contributed by atoms with E-state index in [2.05, 4.69) is 11.1 Å². The fourth-order valence-electron chi connectivity index (χ4n) is 1.13. The van der Waals surface area contributed by atoms with Gasteiger partial charge in [-0.3, -0.25) is 4.98 Å². The molecule has 0 radical (unpaired) electrons. The van der Waals surface area contributed by atoms with Crippen molar-refractivity contribution >= 4 is 0 Å². The summed E-state index contributed by atoms with van der Waals surface area (Å²) in [6, 6.07) is 6.10. The Labute approximate surface area is 66.2 Å². The molecule has 1 atom stereocenters. The Morgan fingerprint density at radius 1 is 1.64 bits per heavy atom. The van der Waals surface area contributed by atoms with Gasteiger partial charge in [0.25, 0.3) is 0 Å². The third-order valence-corrected chi connectivity index (χ3v) is 1.79. The van der Waals surface area contributed by atoms with Crippen LogP contribution in [0.2, 0.25) is 0 Å². The first kappa shape index (κ1) is 6.80. The van der Waals surface area contributed by atoms with Crippen LogP contribution in [-0.4, -0.2) is 17.7 Å². The highest BCUT2D eigenvalue weighted by atomic mass is 16.6. The Hall–Kier alpha value is -0.890. The second kappa shape index (κ2) is 2.62. The number of pyridine rings is 1. The maximum atomic E-state index is 5.11. The number of nitrogens with zero attached hydrogens (tertiary/aromatic N) is 1. The summed E-state index contributed by atoms with van der Waals surface area (Å²) < 4.78 is 5.11. The molecule has 1 saturated heterocycles. The minimum Gasteiger partial charge on any atom is -0.373 e. The van der Waals surface area contributed by atoms with Gasteiger partial charge in [0.2, 0.25) is 0 Å². The van der Waals surface area contributed by atoms with Gasteiger partial charge < -0.3 is 4.74 Å². The van der Waals surface area contributed by atoms with Gasteiger partial charge >= 0.3 is 0 Å². The van der Waals surface area contributed by atoms with Crippen LogP contribution in [-0.2, 0) is 11.2 Å². The largest absolute Gasteiger partial charge is 0.373 e. The standard InChI is InChI=1S/C9H11NO/c1-7-3-2-4-8(10-7)5-9-6-11-9/h2-4,9H,5-6H2,1H3. The lowest BCUT2D eigenvalue weighted by Crippen LogP contribution is -1.96. The molecule has 0 aliphatic carbocycles. The van der Waals surface area contributed by atoms with Crippen molar-refractivity contribution in [3.8, 4) is 0 Å². The highest BCUT2D eigenvalue weighted by Gasteiger charge is 2.22. The number of hydrogen-bond donors (Lipinski definition) is 0. The molecule has 0 spiro atoms. The van der Waals surface area contributed by atoms with Crippen LogP contribution in [0.1, 0.15) is 11.4 Å². The minimum absolute atomic E-state index is 0.448. The summed E-state index contributed by atoms with van der Waals surface area (Å²) in [5, 5.41) is 0.